The molecule has 0 saturated carbocycles. The number of halogens is 3. The Labute approximate surface area is 108 Å². The van der Waals surface area contributed by atoms with Crippen molar-refractivity contribution >= 4 is 51.9 Å². The fourth-order valence-electron chi connectivity index (χ4n) is 1.32. The average Bonchev–Trinajstić information content (AvgIpc) is 2.08. The van der Waals surface area contributed by atoms with Crippen LogP contribution in [0.2, 0.25) is 6.04 Å². The summed E-state index contributed by atoms with van der Waals surface area (Å²) in [7, 11) is 0. The molecule has 0 atom stereocenters. The summed E-state index contributed by atoms with van der Waals surface area (Å²) in [5.74, 6) is 1.01. The first-order chi connectivity index (χ1) is 6.56. The van der Waals surface area contributed by atoms with Crippen molar-refractivity contribution in [1.82, 2.24) is 0 Å². The number of thiol groups is 1. The number of rotatable bonds is 9. The molecule has 0 N–H and O–H groups in total. The van der Waals surface area contributed by atoms with E-state index in [2.05, 4.69) is 12.6 Å². The van der Waals surface area contributed by atoms with E-state index in [4.69, 9.17) is 33.2 Å². The van der Waals surface area contributed by atoms with Gasteiger partial charge in [0.25, 0.3) is 0 Å². The van der Waals surface area contributed by atoms with Gasteiger partial charge in [-0.2, -0.15) is 12.6 Å². The van der Waals surface area contributed by atoms with Gasteiger partial charge in [-0.15, -0.1) is 33.2 Å². The van der Waals surface area contributed by atoms with Crippen molar-refractivity contribution < 1.29 is 0 Å². The van der Waals surface area contributed by atoms with E-state index in [0.717, 1.165) is 18.2 Å². The molecule has 14 heavy (non-hydrogen) atoms. The van der Waals surface area contributed by atoms with Gasteiger partial charge in [0, 0.05) is 0 Å². The summed E-state index contributed by atoms with van der Waals surface area (Å²) in [5, 5.41) is 0. The van der Waals surface area contributed by atoms with Crippen LogP contribution in [-0.2, 0) is 0 Å². The summed E-state index contributed by atoms with van der Waals surface area (Å²) in [6.07, 6.45) is 8.76. The van der Waals surface area contributed by atoms with Gasteiger partial charge in [-0.25, -0.2) is 0 Å². The molecule has 0 aromatic rings. The lowest BCUT2D eigenvalue weighted by atomic mass is 10.1. The molecule has 0 aliphatic carbocycles. The summed E-state index contributed by atoms with van der Waals surface area (Å²) >= 11 is 21.5. The first kappa shape index (κ1) is 15.4. The Morgan fingerprint density at radius 2 is 1.14 bits per heavy atom. The molecule has 0 nitrogen and oxygen atoms in total. The van der Waals surface area contributed by atoms with Crippen molar-refractivity contribution in [3.8, 4) is 0 Å². The molecular formula is C9H19Cl3SSi. The molecule has 0 unspecified atom stereocenters. The predicted octanol–water partition coefficient (Wildman–Crippen LogP) is 5.30. The summed E-state index contributed by atoms with van der Waals surface area (Å²) in [6, 6.07) is -1.52. The highest BCUT2D eigenvalue weighted by Gasteiger charge is 2.23. The van der Waals surface area contributed by atoms with Gasteiger partial charge in [-0.1, -0.05) is 38.5 Å². The van der Waals surface area contributed by atoms with E-state index in [1.54, 1.807) is 0 Å². The molecule has 0 aromatic carbocycles. The molecule has 0 aliphatic heterocycles. The molecule has 0 aromatic heterocycles. The maximum atomic E-state index is 5.78. The lowest BCUT2D eigenvalue weighted by Gasteiger charge is -2.06. The topological polar surface area (TPSA) is 0 Å². The maximum absolute atomic E-state index is 5.78. The zero-order valence-corrected chi connectivity index (χ0v) is 12.6. The summed E-state index contributed by atoms with van der Waals surface area (Å²) in [4.78, 5) is 0. The van der Waals surface area contributed by atoms with Gasteiger partial charge in [0.15, 0.2) is 0 Å². The minimum Gasteiger partial charge on any atom is -0.179 e. The first-order valence-corrected chi connectivity index (χ1v) is 11.1. The molecule has 0 radical (unpaired) electrons. The summed E-state index contributed by atoms with van der Waals surface area (Å²) in [6.45, 7) is 0. The van der Waals surface area contributed by atoms with Crippen LogP contribution >= 0.6 is 45.9 Å². The van der Waals surface area contributed by atoms with E-state index < -0.39 is 6.00 Å². The van der Waals surface area contributed by atoms with Crippen LogP contribution in [0.1, 0.15) is 44.9 Å². The zero-order valence-electron chi connectivity index (χ0n) is 8.45. The van der Waals surface area contributed by atoms with E-state index in [1.165, 1.54) is 38.5 Å². The summed E-state index contributed by atoms with van der Waals surface area (Å²) in [5.41, 5.74) is 0. The molecule has 0 bridgehead atoms. The highest BCUT2D eigenvalue weighted by atomic mass is 35.8. The van der Waals surface area contributed by atoms with Gasteiger partial charge < -0.3 is 0 Å². The third-order valence-corrected chi connectivity index (χ3v) is 5.06. The third-order valence-electron chi connectivity index (χ3n) is 2.12. The Kier molecular flexibility index (Phi) is 10.6. The first-order valence-electron chi connectivity index (χ1n) is 5.24. The second-order valence-corrected chi connectivity index (χ2v) is 13.3. The Bertz CT molecular complexity index is 128. The lowest BCUT2D eigenvalue weighted by molar-refractivity contribution is 0.603. The molecule has 5 heteroatoms. The molecule has 0 heterocycles. The second-order valence-electron chi connectivity index (χ2n) is 3.56. The van der Waals surface area contributed by atoms with Crippen LogP contribution in [0.3, 0.4) is 0 Å². The van der Waals surface area contributed by atoms with Gasteiger partial charge in [-0.05, 0) is 18.2 Å². The van der Waals surface area contributed by atoms with Crippen molar-refractivity contribution in [2.75, 3.05) is 5.75 Å². The summed E-state index contributed by atoms with van der Waals surface area (Å²) < 4.78 is 0. The van der Waals surface area contributed by atoms with E-state index in [9.17, 15) is 0 Å². The van der Waals surface area contributed by atoms with E-state index >= 15 is 0 Å². The van der Waals surface area contributed by atoms with Crippen LogP contribution in [0.25, 0.3) is 0 Å². The predicted molar refractivity (Wildman–Crippen MR) is 74.3 cm³/mol. The van der Waals surface area contributed by atoms with Gasteiger partial charge in [-0.3, -0.25) is 0 Å². The fourth-order valence-corrected chi connectivity index (χ4v) is 3.40. The van der Waals surface area contributed by atoms with E-state index in [1.807, 2.05) is 0 Å². The highest BCUT2D eigenvalue weighted by Crippen LogP contribution is 2.27. The molecular weight excluding hydrogens is 275 g/mol. The molecule has 0 aliphatic rings. The smallest absolute Gasteiger partial charge is 0.179 e. The van der Waals surface area contributed by atoms with Gasteiger partial charge in [0.1, 0.15) is 0 Å². The largest absolute Gasteiger partial charge is 0.341 e. The molecule has 86 valence electrons. The normalized spacial score (nSPS) is 12.0. The molecule has 0 rings (SSSR count). The van der Waals surface area contributed by atoms with Crippen LogP contribution in [-0.4, -0.2) is 11.8 Å². The number of unbranched alkanes of at least 4 members (excludes halogenated alkanes) is 6. The lowest BCUT2D eigenvalue weighted by Crippen LogP contribution is -2.07. The van der Waals surface area contributed by atoms with Gasteiger partial charge >= 0.3 is 6.00 Å². The van der Waals surface area contributed by atoms with Crippen LogP contribution < -0.4 is 0 Å². The van der Waals surface area contributed by atoms with Crippen LogP contribution in [0, 0.1) is 0 Å². The van der Waals surface area contributed by atoms with Crippen molar-refractivity contribution in [3.63, 3.8) is 0 Å². The minimum atomic E-state index is -2.33. The SMILES string of the molecule is SCCCCCCCCC[Si](Cl)(Cl)Cl. The maximum Gasteiger partial charge on any atom is 0.341 e. The number of hydrogen-bond acceptors (Lipinski definition) is 1. The van der Waals surface area contributed by atoms with Crippen molar-refractivity contribution in [1.29, 1.82) is 0 Å². The van der Waals surface area contributed by atoms with E-state index in [0.29, 0.717) is 0 Å². The highest BCUT2D eigenvalue weighted by molar-refractivity contribution is 7.80. The average molecular weight is 294 g/mol. The molecule has 0 saturated heterocycles. The molecule has 0 spiro atoms. The fraction of sp³-hybridized carbons (Fsp3) is 1.00. The van der Waals surface area contributed by atoms with E-state index in [-0.39, 0.29) is 0 Å². The Morgan fingerprint density at radius 3 is 1.57 bits per heavy atom. The van der Waals surface area contributed by atoms with Gasteiger partial charge in [0.05, 0.1) is 0 Å². The van der Waals surface area contributed by atoms with Gasteiger partial charge in [0.2, 0.25) is 0 Å². The van der Waals surface area contributed by atoms with Crippen LogP contribution in [0.15, 0.2) is 0 Å². The Hall–Kier alpha value is 1.44. The Morgan fingerprint density at radius 1 is 0.714 bits per heavy atom. The number of hydrogen-bond donors (Lipinski definition) is 1. The minimum absolute atomic E-state index is 0.814. The molecule has 0 fully saturated rings. The van der Waals surface area contributed by atoms with Crippen LogP contribution in [0.4, 0.5) is 0 Å². The zero-order chi connectivity index (χ0) is 10.9. The second kappa shape index (κ2) is 9.65. The quantitative estimate of drug-likeness (QED) is 0.253. The Balaban J connectivity index is 2.99. The van der Waals surface area contributed by atoms with Crippen molar-refractivity contribution in [3.05, 3.63) is 0 Å². The standard InChI is InChI=1S/C9H19Cl3SSi/c10-14(11,12)9-7-5-3-1-2-4-6-8-13/h13H,1-9H2. The monoisotopic (exact) mass is 292 g/mol. The van der Waals surface area contributed by atoms with Crippen molar-refractivity contribution in [2.24, 2.45) is 0 Å². The third kappa shape index (κ3) is 13.4. The van der Waals surface area contributed by atoms with Crippen LogP contribution in [0.5, 0.6) is 0 Å². The molecule has 0 amide bonds. The van der Waals surface area contributed by atoms with Crippen molar-refractivity contribution in [2.45, 2.75) is 51.0 Å².